The van der Waals surface area contributed by atoms with Crippen LogP contribution >= 0.6 is 0 Å². The van der Waals surface area contributed by atoms with Gasteiger partial charge in [-0.2, -0.15) is 0 Å². The molecule has 1 aliphatic heterocycles. The smallest absolute Gasteiger partial charge is 0.322 e. The molecular formula is C18H20N2O3. The van der Waals surface area contributed by atoms with Crippen LogP contribution in [0.25, 0.3) is 0 Å². The molecule has 120 valence electrons. The van der Waals surface area contributed by atoms with E-state index in [1.54, 1.807) is 24.5 Å². The lowest BCUT2D eigenvalue weighted by Crippen LogP contribution is -2.10. The topological polar surface area (TPSA) is 79.7 Å². The number of allylic oxidation sites excluding steroid dienone is 4. The second-order valence-corrected chi connectivity index (χ2v) is 5.46. The highest BCUT2D eigenvalue weighted by Crippen LogP contribution is 2.31. The van der Waals surface area contributed by atoms with Crippen molar-refractivity contribution in [2.45, 2.75) is 25.9 Å². The first kappa shape index (κ1) is 15.1. The van der Waals surface area contributed by atoms with E-state index in [2.05, 4.69) is 6.08 Å². The summed E-state index contributed by atoms with van der Waals surface area (Å²) in [5, 5.41) is 0. The molecule has 0 radical (unpaired) electrons. The molecule has 1 unspecified atom stereocenters. The van der Waals surface area contributed by atoms with Crippen molar-refractivity contribution in [1.29, 1.82) is 0 Å². The summed E-state index contributed by atoms with van der Waals surface area (Å²) < 4.78 is 17.0. The molecule has 1 heterocycles. The van der Waals surface area contributed by atoms with Crippen molar-refractivity contribution in [3.05, 3.63) is 71.8 Å². The maximum Gasteiger partial charge on any atom is 0.322 e. The summed E-state index contributed by atoms with van der Waals surface area (Å²) in [4.78, 5) is 0. The van der Waals surface area contributed by atoms with E-state index in [0.717, 1.165) is 24.0 Å². The fraction of sp³-hybridized carbons (Fsp3) is 0.222. The van der Waals surface area contributed by atoms with E-state index in [9.17, 15) is 0 Å². The Bertz CT molecular complexity index is 717. The number of nitrogen functional groups attached to an aromatic ring is 2. The first-order valence-corrected chi connectivity index (χ1v) is 7.55. The Kier molecular flexibility index (Phi) is 4.28. The summed E-state index contributed by atoms with van der Waals surface area (Å²) in [6, 6.07) is 5.33. The molecule has 1 atom stereocenters. The number of benzene rings is 1. The van der Waals surface area contributed by atoms with Crippen LogP contribution in [0.2, 0.25) is 0 Å². The number of ether oxygens (including phenoxy) is 3. The largest absolute Gasteiger partial charge is 0.461 e. The molecule has 1 aromatic rings. The second-order valence-electron chi connectivity index (χ2n) is 5.46. The molecule has 2 aliphatic rings. The standard InChI is InChI=1S/C18H20N2O3/c1-12(15-9-14(19)7-8-16(15)20)22-18-11-21-10-17(23-18)13-5-3-2-4-6-13/h2-3,5,7-12H,4,6,19-20H2,1H3. The van der Waals surface area contributed by atoms with Gasteiger partial charge in [0.25, 0.3) is 0 Å². The average molecular weight is 312 g/mol. The number of hydrogen-bond donors (Lipinski definition) is 2. The molecule has 0 aromatic heterocycles. The van der Waals surface area contributed by atoms with E-state index in [0.29, 0.717) is 23.1 Å². The molecule has 0 fully saturated rings. The van der Waals surface area contributed by atoms with Crippen LogP contribution in [0.15, 0.2) is 66.2 Å². The third-order valence-electron chi connectivity index (χ3n) is 3.72. The summed E-state index contributed by atoms with van der Waals surface area (Å²) in [7, 11) is 0. The van der Waals surface area contributed by atoms with Gasteiger partial charge in [-0.15, -0.1) is 0 Å². The molecule has 0 saturated heterocycles. The third kappa shape index (κ3) is 3.51. The maximum atomic E-state index is 5.98. The number of hydrogen-bond acceptors (Lipinski definition) is 5. The molecule has 0 amide bonds. The molecule has 0 bridgehead atoms. The van der Waals surface area contributed by atoms with Gasteiger partial charge >= 0.3 is 5.95 Å². The Balaban J connectivity index is 1.68. The van der Waals surface area contributed by atoms with E-state index in [1.165, 1.54) is 6.26 Å². The van der Waals surface area contributed by atoms with Crippen LogP contribution in [0.1, 0.15) is 31.4 Å². The molecule has 23 heavy (non-hydrogen) atoms. The molecule has 4 N–H and O–H groups in total. The lowest BCUT2D eigenvalue weighted by molar-refractivity contribution is 0.00688. The van der Waals surface area contributed by atoms with Crippen molar-refractivity contribution < 1.29 is 14.2 Å². The normalized spacial score (nSPS) is 18.0. The monoisotopic (exact) mass is 312 g/mol. The van der Waals surface area contributed by atoms with Gasteiger partial charge in [-0.05, 0) is 43.5 Å². The predicted octanol–water partition coefficient (Wildman–Crippen LogP) is 3.89. The van der Waals surface area contributed by atoms with Crippen LogP contribution in [-0.4, -0.2) is 0 Å². The van der Waals surface area contributed by atoms with Crippen molar-refractivity contribution in [3.63, 3.8) is 0 Å². The fourth-order valence-electron chi connectivity index (χ4n) is 2.49. The minimum Gasteiger partial charge on any atom is -0.461 e. The van der Waals surface area contributed by atoms with Crippen LogP contribution in [0.4, 0.5) is 11.4 Å². The van der Waals surface area contributed by atoms with Crippen molar-refractivity contribution in [2.24, 2.45) is 0 Å². The first-order valence-electron chi connectivity index (χ1n) is 7.55. The Morgan fingerprint density at radius 1 is 1.22 bits per heavy atom. The van der Waals surface area contributed by atoms with Crippen LogP contribution in [-0.2, 0) is 14.2 Å². The zero-order valence-corrected chi connectivity index (χ0v) is 13.0. The van der Waals surface area contributed by atoms with Crippen LogP contribution in [0.5, 0.6) is 0 Å². The van der Waals surface area contributed by atoms with E-state index in [4.69, 9.17) is 25.7 Å². The zero-order chi connectivity index (χ0) is 16.2. The first-order chi connectivity index (χ1) is 11.1. The van der Waals surface area contributed by atoms with Crippen molar-refractivity contribution >= 4 is 11.4 Å². The Hall–Kier alpha value is -2.82. The summed E-state index contributed by atoms with van der Waals surface area (Å²) in [5.74, 6) is 0.965. The zero-order valence-electron chi connectivity index (χ0n) is 13.0. The lowest BCUT2D eigenvalue weighted by Gasteiger charge is -2.23. The highest BCUT2D eigenvalue weighted by molar-refractivity contribution is 5.56. The Morgan fingerprint density at radius 3 is 2.87 bits per heavy atom. The Labute approximate surface area is 135 Å². The van der Waals surface area contributed by atoms with E-state index < -0.39 is 0 Å². The maximum absolute atomic E-state index is 5.98. The van der Waals surface area contributed by atoms with Gasteiger partial charge in [0.15, 0.2) is 12.0 Å². The fourth-order valence-corrected chi connectivity index (χ4v) is 2.49. The summed E-state index contributed by atoms with van der Waals surface area (Å²) >= 11 is 0. The molecule has 0 saturated carbocycles. The van der Waals surface area contributed by atoms with Crippen molar-refractivity contribution in [2.75, 3.05) is 11.5 Å². The number of nitrogens with two attached hydrogens (primary N) is 2. The SMILES string of the molecule is CC(OC1=COC=C(C2=CC=CCC2)O1)c1cc(N)ccc1N. The van der Waals surface area contributed by atoms with Gasteiger partial charge in [0.05, 0.1) is 0 Å². The van der Waals surface area contributed by atoms with Gasteiger partial charge < -0.3 is 25.7 Å². The summed E-state index contributed by atoms with van der Waals surface area (Å²) in [6.07, 6.45) is 10.7. The Morgan fingerprint density at radius 2 is 2.09 bits per heavy atom. The minimum absolute atomic E-state index is 0.298. The van der Waals surface area contributed by atoms with Crippen molar-refractivity contribution in [1.82, 2.24) is 0 Å². The third-order valence-corrected chi connectivity index (χ3v) is 3.72. The molecule has 5 nitrogen and oxygen atoms in total. The molecule has 1 aromatic carbocycles. The predicted molar refractivity (Wildman–Crippen MR) is 89.6 cm³/mol. The average Bonchev–Trinajstić information content (AvgIpc) is 2.58. The highest BCUT2D eigenvalue weighted by atomic mass is 16.7. The van der Waals surface area contributed by atoms with Gasteiger partial charge in [-0.1, -0.05) is 18.2 Å². The van der Waals surface area contributed by atoms with Gasteiger partial charge in [-0.3, -0.25) is 0 Å². The van der Waals surface area contributed by atoms with Crippen LogP contribution in [0, 0.1) is 0 Å². The lowest BCUT2D eigenvalue weighted by atomic mass is 10.0. The van der Waals surface area contributed by atoms with Crippen LogP contribution in [0.3, 0.4) is 0 Å². The number of rotatable bonds is 4. The van der Waals surface area contributed by atoms with E-state index >= 15 is 0 Å². The molecular weight excluding hydrogens is 292 g/mol. The molecule has 5 heteroatoms. The summed E-state index contributed by atoms with van der Waals surface area (Å²) in [6.45, 7) is 1.88. The highest BCUT2D eigenvalue weighted by Gasteiger charge is 2.19. The summed E-state index contributed by atoms with van der Waals surface area (Å²) in [5.41, 5.74) is 15.0. The van der Waals surface area contributed by atoms with E-state index in [-0.39, 0.29) is 6.10 Å². The molecule has 0 spiro atoms. The quantitative estimate of drug-likeness (QED) is 0.824. The minimum atomic E-state index is -0.312. The van der Waals surface area contributed by atoms with Gasteiger partial charge in [0.1, 0.15) is 12.4 Å². The van der Waals surface area contributed by atoms with Gasteiger partial charge in [0, 0.05) is 16.9 Å². The van der Waals surface area contributed by atoms with Gasteiger partial charge in [-0.25, -0.2) is 0 Å². The van der Waals surface area contributed by atoms with Gasteiger partial charge in [0.2, 0.25) is 0 Å². The molecule has 3 rings (SSSR count). The number of anilines is 2. The van der Waals surface area contributed by atoms with E-state index in [1.807, 2.05) is 19.1 Å². The van der Waals surface area contributed by atoms with Crippen LogP contribution < -0.4 is 11.5 Å². The second kappa shape index (κ2) is 6.52. The van der Waals surface area contributed by atoms with Crippen molar-refractivity contribution in [3.8, 4) is 0 Å². The molecule has 1 aliphatic carbocycles.